The highest BCUT2D eigenvalue weighted by molar-refractivity contribution is 14.0. The monoisotopic (exact) mass is 405 g/mol. The molecule has 1 saturated heterocycles. The molecule has 0 bridgehead atoms. The van der Waals surface area contributed by atoms with Crippen molar-refractivity contribution in [2.24, 2.45) is 16.6 Å². The van der Waals surface area contributed by atoms with Crippen LogP contribution in [0.2, 0.25) is 0 Å². The number of likely N-dealkylation sites (tertiary alicyclic amines) is 1. The van der Waals surface area contributed by atoms with E-state index in [1.807, 2.05) is 11.6 Å². The Bertz CT molecular complexity index is 469. The Balaban J connectivity index is 0.00000220. The molecular weight excluding hydrogens is 377 g/mol. The lowest BCUT2D eigenvalue weighted by Crippen LogP contribution is -2.43. The molecule has 6 heteroatoms. The molecule has 21 heavy (non-hydrogen) atoms. The number of aromatic nitrogens is 2. The summed E-state index contributed by atoms with van der Waals surface area (Å²) in [6.07, 6.45) is 3.51. The second kappa shape index (κ2) is 8.60. The van der Waals surface area contributed by atoms with Crippen LogP contribution in [0.3, 0.4) is 0 Å². The Hall–Kier alpha value is -0.790. The van der Waals surface area contributed by atoms with Crippen LogP contribution in [0.1, 0.15) is 37.6 Å². The van der Waals surface area contributed by atoms with Crippen LogP contribution in [0.5, 0.6) is 0 Å². The third-order valence-electron chi connectivity index (χ3n) is 3.89. The summed E-state index contributed by atoms with van der Waals surface area (Å²) in [6, 6.07) is 2.10. The second-order valence-electron chi connectivity index (χ2n) is 5.94. The highest BCUT2D eigenvalue weighted by Crippen LogP contribution is 2.14. The van der Waals surface area contributed by atoms with Crippen molar-refractivity contribution in [3.63, 3.8) is 0 Å². The first kappa shape index (κ1) is 18.3. The number of hydrogen-bond donors (Lipinski definition) is 1. The third kappa shape index (κ3) is 5.48. The molecule has 0 aromatic carbocycles. The van der Waals surface area contributed by atoms with Crippen molar-refractivity contribution in [1.29, 1.82) is 0 Å². The predicted octanol–water partition coefficient (Wildman–Crippen LogP) is 2.55. The Kier molecular flexibility index (Phi) is 7.48. The lowest BCUT2D eigenvalue weighted by atomic mass is 10.0. The van der Waals surface area contributed by atoms with Gasteiger partial charge in [-0.1, -0.05) is 6.92 Å². The Morgan fingerprint density at radius 3 is 2.86 bits per heavy atom. The molecule has 5 nitrogen and oxygen atoms in total. The molecule has 2 N–H and O–H groups in total. The van der Waals surface area contributed by atoms with Crippen LogP contribution in [0.25, 0.3) is 0 Å². The van der Waals surface area contributed by atoms with Crippen LogP contribution >= 0.6 is 24.0 Å². The summed E-state index contributed by atoms with van der Waals surface area (Å²) in [5, 5.41) is 4.45. The highest BCUT2D eigenvalue weighted by atomic mass is 127. The lowest BCUT2D eigenvalue weighted by Gasteiger charge is -2.31. The number of nitrogens with zero attached hydrogens (tertiary/aromatic N) is 4. The maximum atomic E-state index is 6.08. The lowest BCUT2D eigenvalue weighted by molar-refractivity contribution is 0.270. The van der Waals surface area contributed by atoms with Crippen molar-refractivity contribution in [2.75, 3.05) is 19.6 Å². The molecule has 1 aromatic heterocycles. The number of guanidine groups is 1. The van der Waals surface area contributed by atoms with Crippen LogP contribution in [-0.4, -0.2) is 40.3 Å². The number of aryl methyl sites for hydroxylation is 3. The van der Waals surface area contributed by atoms with Crippen molar-refractivity contribution >= 4 is 29.9 Å². The van der Waals surface area contributed by atoms with Crippen molar-refractivity contribution in [2.45, 2.75) is 46.6 Å². The number of aliphatic imine (C=N–C) groups is 1. The quantitative estimate of drug-likeness (QED) is 0.363. The second-order valence-corrected chi connectivity index (χ2v) is 5.94. The molecule has 120 valence electrons. The van der Waals surface area contributed by atoms with Gasteiger partial charge in [0.15, 0.2) is 5.96 Å². The third-order valence-corrected chi connectivity index (χ3v) is 3.89. The Morgan fingerprint density at radius 1 is 1.48 bits per heavy atom. The number of hydrogen-bond acceptors (Lipinski definition) is 2. The molecule has 2 rings (SSSR count). The van der Waals surface area contributed by atoms with E-state index in [-0.39, 0.29) is 24.0 Å². The summed E-state index contributed by atoms with van der Waals surface area (Å²) in [5.41, 5.74) is 8.37. The topological polar surface area (TPSA) is 59.4 Å². The molecule has 1 aromatic rings. The van der Waals surface area contributed by atoms with Gasteiger partial charge in [0.1, 0.15) is 0 Å². The molecule has 1 fully saturated rings. The Morgan fingerprint density at radius 2 is 2.24 bits per heavy atom. The van der Waals surface area contributed by atoms with Crippen LogP contribution in [-0.2, 0) is 6.54 Å². The molecule has 1 aliphatic heterocycles. The minimum atomic E-state index is 0. The minimum absolute atomic E-state index is 0. The van der Waals surface area contributed by atoms with Crippen LogP contribution in [0.4, 0.5) is 0 Å². The van der Waals surface area contributed by atoms with Gasteiger partial charge < -0.3 is 10.6 Å². The fraction of sp³-hybridized carbons (Fsp3) is 0.733. The molecular formula is C15H28IN5. The maximum Gasteiger partial charge on any atom is 0.191 e. The molecule has 0 aliphatic carbocycles. The normalized spacial score (nSPS) is 19.5. The molecule has 1 aliphatic rings. The summed E-state index contributed by atoms with van der Waals surface area (Å²) < 4.78 is 2.05. The average Bonchev–Trinajstić information content (AvgIpc) is 2.73. The predicted molar refractivity (Wildman–Crippen MR) is 98.2 cm³/mol. The molecule has 1 atom stereocenters. The zero-order valence-electron chi connectivity index (χ0n) is 13.4. The molecule has 2 heterocycles. The molecule has 0 amide bonds. The van der Waals surface area contributed by atoms with Crippen molar-refractivity contribution in [3.05, 3.63) is 17.5 Å². The number of piperidine rings is 1. The van der Waals surface area contributed by atoms with E-state index in [2.05, 4.69) is 34.9 Å². The van der Waals surface area contributed by atoms with Gasteiger partial charge in [-0.25, -0.2) is 0 Å². The fourth-order valence-corrected chi connectivity index (χ4v) is 2.81. The van der Waals surface area contributed by atoms with E-state index in [1.165, 1.54) is 18.5 Å². The van der Waals surface area contributed by atoms with Gasteiger partial charge in [-0.2, -0.15) is 5.10 Å². The highest BCUT2D eigenvalue weighted by Gasteiger charge is 2.17. The fourth-order valence-electron chi connectivity index (χ4n) is 2.81. The van der Waals surface area contributed by atoms with E-state index in [0.29, 0.717) is 5.96 Å². The van der Waals surface area contributed by atoms with Crippen LogP contribution in [0.15, 0.2) is 11.1 Å². The summed E-state index contributed by atoms with van der Waals surface area (Å²) in [5.74, 6) is 1.44. The number of nitrogens with two attached hydrogens (primary N) is 1. The van der Waals surface area contributed by atoms with Gasteiger partial charge in [-0.05, 0) is 45.1 Å². The van der Waals surface area contributed by atoms with Gasteiger partial charge in [0.05, 0.1) is 5.69 Å². The first-order valence-electron chi connectivity index (χ1n) is 7.62. The van der Waals surface area contributed by atoms with Crippen LogP contribution in [0, 0.1) is 19.8 Å². The van der Waals surface area contributed by atoms with Gasteiger partial charge in [0.25, 0.3) is 0 Å². The van der Waals surface area contributed by atoms with E-state index >= 15 is 0 Å². The van der Waals surface area contributed by atoms with Gasteiger partial charge in [-0.15, -0.1) is 24.0 Å². The molecule has 0 radical (unpaired) electrons. The van der Waals surface area contributed by atoms with Gasteiger partial charge in [-0.3, -0.25) is 9.67 Å². The minimum Gasteiger partial charge on any atom is -0.370 e. The van der Waals surface area contributed by atoms with E-state index in [0.717, 1.165) is 44.2 Å². The summed E-state index contributed by atoms with van der Waals surface area (Å²) in [6.45, 7) is 10.2. The van der Waals surface area contributed by atoms with Gasteiger partial charge in [0, 0.05) is 31.9 Å². The Labute approximate surface area is 145 Å². The van der Waals surface area contributed by atoms with Gasteiger partial charge in [0.2, 0.25) is 0 Å². The van der Waals surface area contributed by atoms with Crippen molar-refractivity contribution < 1.29 is 0 Å². The zero-order chi connectivity index (χ0) is 14.5. The first-order valence-corrected chi connectivity index (χ1v) is 7.62. The van der Waals surface area contributed by atoms with Crippen molar-refractivity contribution in [1.82, 2.24) is 14.7 Å². The van der Waals surface area contributed by atoms with Crippen LogP contribution < -0.4 is 5.73 Å². The number of halogens is 1. The van der Waals surface area contributed by atoms with Gasteiger partial charge >= 0.3 is 0 Å². The van der Waals surface area contributed by atoms with E-state index in [1.54, 1.807) is 0 Å². The molecule has 0 saturated carbocycles. The first-order chi connectivity index (χ1) is 9.56. The zero-order valence-corrected chi connectivity index (χ0v) is 15.7. The molecule has 0 spiro atoms. The number of rotatable bonds is 4. The molecule has 1 unspecified atom stereocenters. The summed E-state index contributed by atoms with van der Waals surface area (Å²) in [4.78, 5) is 6.73. The van der Waals surface area contributed by atoms with E-state index < -0.39 is 0 Å². The summed E-state index contributed by atoms with van der Waals surface area (Å²) >= 11 is 0. The standard InChI is InChI=1S/C15H27N5.HI/c1-12-6-4-8-19(11-12)15(16)17-7-5-9-20-14(3)10-13(2)18-20;/h10,12H,4-9,11H2,1-3H3,(H2,16,17);1H. The largest absolute Gasteiger partial charge is 0.370 e. The van der Waals surface area contributed by atoms with Crippen molar-refractivity contribution in [3.8, 4) is 0 Å². The summed E-state index contributed by atoms with van der Waals surface area (Å²) in [7, 11) is 0. The maximum absolute atomic E-state index is 6.08. The van der Waals surface area contributed by atoms with E-state index in [4.69, 9.17) is 5.73 Å². The van der Waals surface area contributed by atoms with E-state index in [9.17, 15) is 0 Å². The SMILES string of the molecule is Cc1cc(C)n(CCCN=C(N)N2CCCC(C)C2)n1.I. The average molecular weight is 405 g/mol. The smallest absolute Gasteiger partial charge is 0.191 e.